The molecule has 5 rings (SSSR count). The average Bonchev–Trinajstić information content (AvgIpc) is 2.96. The van der Waals surface area contributed by atoms with E-state index in [-0.39, 0.29) is 18.7 Å². The summed E-state index contributed by atoms with van der Waals surface area (Å²) in [5.41, 5.74) is 1.67. The Morgan fingerprint density at radius 3 is 2.84 bits per heavy atom. The van der Waals surface area contributed by atoms with Crippen LogP contribution in [0.15, 0.2) is 48.7 Å². The molecule has 1 amide bonds. The molecule has 0 aliphatic carbocycles. The van der Waals surface area contributed by atoms with Crippen LogP contribution in [0.3, 0.4) is 0 Å². The van der Waals surface area contributed by atoms with Crippen LogP contribution in [0, 0.1) is 0 Å². The second-order valence-electron chi connectivity index (χ2n) is 9.65. The molecule has 2 atom stereocenters. The largest absolute Gasteiger partial charge is 0.497 e. The number of nitrogens with zero attached hydrogens (tertiary/aromatic N) is 2. The van der Waals surface area contributed by atoms with Gasteiger partial charge in [-0.15, -0.1) is 0 Å². The Labute approximate surface area is 221 Å². The van der Waals surface area contributed by atoms with Crippen molar-refractivity contribution in [3.05, 3.63) is 64.7 Å². The van der Waals surface area contributed by atoms with Gasteiger partial charge in [0.05, 0.1) is 18.7 Å². The molecule has 1 fully saturated rings. The molecule has 1 saturated heterocycles. The number of pyridine rings is 1. The number of hydrogen-bond acceptors (Lipinski definition) is 8. The van der Waals surface area contributed by atoms with Crippen molar-refractivity contribution in [2.75, 3.05) is 40.6 Å². The lowest BCUT2D eigenvalue weighted by atomic mass is 10.0. The molecule has 3 heterocycles. The summed E-state index contributed by atoms with van der Waals surface area (Å²) >= 11 is 0. The molecule has 200 valence electrons. The van der Waals surface area contributed by atoms with Gasteiger partial charge in [-0.25, -0.2) is 0 Å². The Bertz CT molecular complexity index is 1400. The topological polar surface area (TPSA) is 105 Å². The number of benzene rings is 2. The molecule has 2 aliphatic heterocycles. The van der Waals surface area contributed by atoms with Crippen molar-refractivity contribution in [1.29, 1.82) is 0 Å². The number of methoxy groups -OCH3 is 2. The fourth-order valence-electron chi connectivity index (χ4n) is 5.12. The molecule has 38 heavy (non-hydrogen) atoms. The molecule has 0 saturated carbocycles. The van der Waals surface area contributed by atoms with Crippen LogP contribution in [0.4, 0.5) is 0 Å². The lowest BCUT2D eigenvalue weighted by Crippen LogP contribution is -2.52. The van der Waals surface area contributed by atoms with Crippen molar-refractivity contribution in [3.8, 4) is 11.5 Å². The number of amides is 1. The van der Waals surface area contributed by atoms with E-state index in [0.717, 1.165) is 58.6 Å². The second kappa shape index (κ2) is 11.8. The number of ether oxygens (including phenoxy) is 3. The number of piperidine rings is 1. The van der Waals surface area contributed by atoms with Crippen LogP contribution in [0.2, 0.25) is 0 Å². The number of likely N-dealkylation sites (tertiary alicyclic amines) is 1. The first-order valence-electron chi connectivity index (χ1n) is 12.9. The predicted octanol–water partition coefficient (Wildman–Crippen LogP) is 1.03. The van der Waals surface area contributed by atoms with Gasteiger partial charge in [0.1, 0.15) is 17.5 Å². The number of β-amino-alcohol motifs (C(OH)–C–C–N with tert-alkyl or cyclic N) is 1. The van der Waals surface area contributed by atoms with E-state index >= 15 is 0 Å². The minimum atomic E-state index is -0.645. The zero-order valence-corrected chi connectivity index (χ0v) is 21.7. The third-order valence-electron chi connectivity index (χ3n) is 7.17. The number of hydrogen-bond donors (Lipinski definition) is 3. The van der Waals surface area contributed by atoms with Crippen LogP contribution < -0.4 is 30.5 Å². The highest BCUT2D eigenvalue weighted by atomic mass is 16.7. The molecule has 3 aromatic rings. The molecule has 0 bridgehead atoms. The molecule has 2 aliphatic rings. The number of carbonyl (C=O) groups excluding carboxylic acids is 1. The highest BCUT2D eigenvalue weighted by Crippen LogP contribution is 2.27. The third-order valence-corrected chi connectivity index (χ3v) is 7.17. The molecule has 9 heteroatoms. The number of aliphatic hydroxyl groups is 1. The summed E-state index contributed by atoms with van der Waals surface area (Å²) in [6.07, 6.45) is 6.48. The van der Waals surface area contributed by atoms with Crippen LogP contribution in [0.1, 0.15) is 24.5 Å². The molecule has 2 aromatic carbocycles. The van der Waals surface area contributed by atoms with E-state index in [1.807, 2.05) is 54.7 Å². The standard InChI is InChI=1S/C29H34N4O5/c1-36-18-38-28-5-3-4-19-14-26(31-16-24(19)28)29(35)32-20-9-12-33(13-10-20)17-27(34)22-8-11-30-25-7-6-21(37-2)15-23(22)25/h3-8,11,14-16,20,26-27,31,34H,9-10,12-13,17-18H2,1-2H3,(H,32,35)/t26?,27-/m0/s1. The normalized spacial score (nSPS) is 18.4. The van der Waals surface area contributed by atoms with Crippen LogP contribution in [-0.4, -0.2) is 73.6 Å². The number of aliphatic hydroxyl groups excluding tert-OH is 1. The van der Waals surface area contributed by atoms with E-state index in [2.05, 4.69) is 20.5 Å². The van der Waals surface area contributed by atoms with E-state index in [1.54, 1.807) is 20.4 Å². The van der Waals surface area contributed by atoms with Gasteiger partial charge in [0.25, 0.3) is 0 Å². The Morgan fingerprint density at radius 2 is 2.05 bits per heavy atom. The Morgan fingerprint density at radius 1 is 1.21 bits per heavy atom. The van der Waals surface area contributed by atoms with Gasteiger partial charge >= 0.3 is 0 Å². The summed E-state index contributed by atoms with van der Waals surface area (Å²) in [5.74, 6) is 1.40. The van der Waals surface area contributed by atoms with Crippen LogP contribution in [0.5, 0.6) is 11.5 Å². The van der Waals surface area contributed by atoms with Gasteiger partial charge in [-0.05, 0) is 60.0 Å². The van der Waals surface area contributed by atoms with E-state index in [4.69, 9.17) is 14.2 Å². The smallest absolute Gasteiger partial charge is 0.246 e. The summed E-state index contributed by atoms with van der Waals surface area (Å²) in [6, 6.07) is 13.0. The van der Waals surface area contributed by atoms with Crippen molar-refractivity contribution in [2.24, 2.45) is 0 Å². The molecular formula is C29H34N4O5. The number of rotatable bonds is 9. The molecule has 0 radical (unpaired) electrons. The highest BCUT2D eigenvalue weighted by Gasteiger charge is 2.26. The Kier molecular flexibility index (Phi) is 8.07. The third kappa shape index (κ3) is 5.75. The second-order valence-corrected chi connectivity index (χ2v) is 9.65. The van der Waals surface area contributed by atoms with Crippen LogP contribution in [0.25, 0.3) is 23.2 Å². The van der Waals surface area contributed by atoms with Crippen molar-refractivity contribution >= 4 is 29.1 Å². The first-order chi connectivity index (χ1) is 18.6. The van der Waals surface area contributed by atoms with Crippen LogP contribution in [-0.2, 0) is 9.53 Å². The van der Waals surface area contributed by atoms with Gasteiger partial charge in [0, 0.05) is 55.8 Å². The molecule has 9 nitrogen and oxygen atoms in total. The molecule has 1 unspecified atom stereocenters. The van der Waals surface area contributed by atoms with E-state index < -0.39 is 12.1 Å². The first kappa shape index (κ1) is 26.0. The van der Waals surface area contributed by atoms with Crippen molar-refractivity contribution in [2.45, 2.75) is 31.0 Å². The molecular weight excluding hydrogens is 484 g/mol. The summed E-state index contributed by atoms with van der Waals surface area (Å²) in [5, 5.41) is 20.2. The minimum Gasteiger partial charge on any atom is -0.497 e. The lowest BCUT2D eigenvalue weighted by Gasteiger charge is -2.34. The van der Waals surface area contributed by atoms with Gasteiger partial charge < -0.3 is 34.9 Å². The maximum Gasteiger partial charge on any atom is 0.246 e. The fraction of sp³-hybridized carbons (Fsp3) is 0.379. The summed E-state index contributed by atoms with van der Waals surface area (Å²) in [4.78, 5) is 19.7. The molecule has 0 spiro atoms. The van der Waals surface area contributed by atoms with Gasteiger partial charge in [-0.1, -0.05) is 12.1 Å². The lowest BCUT2D eigenvalue weighted by molar-refractivity contribution is -0.122. The number of nitrogens with one attached hydrogen (secondary N) is 2. The van der Waals surface area contributed by atoms with Crippen molar-refractivity contribution in [1.82, 2.24) is 20.5 Å². The highest BCUT2D eigenvalue weighted by molar-refractivity contribution is 5.89. The number of fused-ring (bicyclic) bond motifs is 2. The van der Waals surface area contributed by atoms with E-state index in [1.165, 1.54) is 0 Å². The predicted molar refractivity (Wildman–Crippen MR) is 145 cm³/mol. The van der Waals surface area contributed by atoms with Gasteiger partial charge in [-0.2, -0.15) is 0 Å². The zero-order chi connectivity index (χ0) is 26.5. The average molecular weight is 519 g/mol. The summed E-state index contributed by atoms with van der Waals surface area (Å²) in [6.45, 7) is 2.28. The first-order valence-corrected chi connectivity index (χ1v) is 12.9. The SMILES string of the molecule is COCOc1cccc2c1=CNC(C(=O)NC1CCN(C[C@H](O)c3ccnc4ccc(OC)cc34)CC1)C=2. The van der Waals surface area contributed by atoms with Gasteiger partial charge in [0.2, 0.25) is 5.91 Å². The van der Waals surface area contributed by atoms with E-state index in [9.17, 15) is 9.90 Å². The van der Waals surface area contributed by atoms with E-state index in [0.29, 0.717) is 12.3 Å². The van der Waals surface area contributed by atoms with Crippen molar-refractivity contribution in [3.63, 3.8) is 0 Å². The molecule has 3 N–H and O–H groups in total. The Balaban J connectivity index is 1.16. The number of aromatic nitrogens is 1. The monoisotopic (exact) mass is 518 g/mol. The van der Waals surface area contributed by atoms with Gasteiger partial charge in [0.15, 0.2) is 6.79 Å². The molecule has 1 aromatic heterocycles. The number of carbonyl (C=O) groups is 1. The zero-order valence-electron chi connectivity index (χ0n) is 21.7. The fourth-order valence-corrected chi connectivity index (χ4v) is 5.12. The van der Waals surface area contributed by atoms with Gasteiger partial charge in [-0.3, -0.25) is 9.78 Å². The van der Waals surface area contributed by atoms with Crippen LogP contribution >= 0.6 is 0 Å². The Hall–Kier alpha value is -3.66. The summed E-state index contributed by atoms with van der Waals surface area (Å²) in [7, 11) is 3.21. The quantitative estimate of drug-likeness (QED) is 0.361. The maximum atomic E-state index is 13.0. The summed E-state index contributed by atoms with van der Waals surface area (Å²) < 4.78 is 16.0. The minimum absolute atomic E-state index is 0.0502. The maximum absolute atomic E-state index is 13.0. The van der Waals surface area contributed by atoms with Crippen molar-refractivity contribution < 1.29 is 24.1 Å².